The van der Waals surface area contributed by atoms with Gasteiger partial charge in [0.1, 0.15) is 6.79 Å². The molecule has 0 aliphatic carbocycles. The summed E-state index contributed by atoms with van der Waals surface area (Å²) in [5.74, 6) is 0.110. The third-order valence-corrected chi connectivity index (χ3v) is 8.86. The standard InChI is InChI=1S/C16H34O4Si/c1-9-14(20-21(7,8)16(3,4)5)13(2)15(10-11-17)19-12-18-6/h9,13-15,17H,1,10-12H2,2-8H3/t13-,14-,15-/m0/s1. The number of hydrogen-bond acceptors (Lipinski definition) is 4. The van der Waals surface area contributed by atoms with E-state index >= 15 is 0 Å². The Bertz CT molecular complexity index is 299. The second-order valence-electron chi connectivity index (χ2n) is 7.06. The van der Waals surface area contributed by atoms with Gasteiger partial charge in [-0.05, 0) is 24.6 Å². The second kappa shape index (κ2) is 9.05. The normalized spacial score (nSPS) is 17.3. The van der Waals surface area contributed by atoms with Crippen molar-refractivity contribution in [1.82, 2.24) is 0 Å². The molecule has 0 unspecified atom stereocenters. The molecule has 0 spiro atoms. The predicted molar refractivity (Wildman–Crippen MR) is 89.9 cm³/mol. The molecule has 0 saturated carbocycles. The van der Waals surface area contributed by atoms with Crippen molar-refractivity contribution in [3.05, 3.63) is 12.7 Å². The molecule has 126 valence electrons. The molecule has 0 amide bonds. The fourth-order valence-corrected chi connectivity index (χ4v) is 3.22. The number of methoxy groups -OCH3 is 1. The van der Waals surface area contributed by atoms with Gasteiger partial charge in [0.15, 0.2) is 8.32 Å². The molecule has 0 aliphatic heterocycles. The van der Waals surface area contributed by atoms with Crippen LogP contribution in [0.15, 0.2) is 12.7 Å². The first-order chi connectivity index (χ1) is 9.60. The highest BCUT2D eigenvalue weighted by Gasteiger charge is 2.40. The molecule has 0 aliphatic rings. The first-order valence-corrected chi connectivity index (χ1v) is 10.5. The summed E-state index contributed by atoms with van der Waals surface area (Å²) < 4.78 is 17.1. The van der Waals surface area contributed by atoms with Crippen LogP contribution in [0.3, 0.4) is 0 Å². The first kappa shape index (κ1) is 20.8. The monoisotopic (exact) mass is 318 g/mol. The molecule has 3 atom stereocenters. The zero-order valence-electron chi connectivity index (χ0n) is 14.8. The Hall–Kier alpha value is -0.203. The van der Waals surface area contributed by atoms with Gasteiger partial charge in [-0.2, -0.15) is 0 Å². The van der Waals surface area contributed by atoms with Crippen LogP contribution in [-0.4, -0.2) is 46.1 Å². The summed E-state index contributed by atoms with van der Waals surface area (Å²) in [5, 5.41) is 9.37. The zero-order valence-corrected chi connectivity index (χ0v) is 15.8. The van der Waals surface area contributed by atoms with E-state index in [1.165, 1.54) is 0 Å². The summed E-state index contributed by atoms with van der Waals surface area (Å²) in [6.45, 7) is 17.4. The highest BCUT2D eigenvalue weighted by atomic mass is 28.4. The summed E-state index contributed by atoms with van der Waals surface area (Å²) in [5.41, 5.74) is 0. The van der Waals surface area contributed by atoms with Crippen molar-refractivity contribution in [2.75, 3.05) is 20.5 Å². The van der Waals surface area contributed by atoms with Crippen LogP contribution in [-0.2, 0) is 13.9 Å². The van der Waals surface area contributed by atoms with Crippen molar-refractivity contribution >= 4 is 8.32 Å². The molecule has 0 aromatic rings. The molecule has 5 heteroatoms. The Morgan fingerprint density at radius 3 is 2.24 bits per heavy atom. The molecule has 0 saturated heterocycles. The Kier molecular flexibility index (Phi) is 8.97. The summed E-state index contributed by atoms with van der Waals surface area (Å²) in [7, 11) is -0.277. The van der Waals surface area contributed by atoms with Crippen LogP contribution in [0.1, 0.15) is 34.1 Å². The predicted octanol–water partition coefficient (Wildman–Crippen LogP) is 3.57. The highest BCUT2D eigenvalue weighted by molar-refractivity contribution is 6.74. The van der Waals surface area contributed by atoms with Gasteiger partial charge < -0.3 is 19.0 Å². The maximum atomic E-state index is 9.22. The molecule has 0 radical (unpaired) electrons. The van der Waals surface area contributed by atoms with E-state index in [1.807, 2.05) is 6.08 Å². The van der Waals surface area contributed by atoms with Crippen LogP contribution in [0, 0.1) is 5.92 Å². The molecular formula is C16H34O4Si. The van der Waals surface area contributed by atoms with Gasteiger partial charge in [0.05, 0.1) is 12.2 Å². The molecule has 0 aromatic carbocycles. The van der Waals surface area contributed by atoms with Crippen molar-refractivity contribution in [2.45, 2.75) is 64.5 Å². The van der Waals surface area contributed by atoms with E-state index in [2.05, 4.69) is 47.4 Å². The second-order valence-corrected chi connectivity index (χ2v) is 11.8. The number of rotatable bonds is 10. The van der Waals surface area contributed by atoms with Crippen molar-refractivity contribution in [3.8, 4) is 0 Å². The van der Waals surface area contributed by atoms with Gasteiger partial charge in [-0.15, -0.1) is 6.58 Å². The minimum Gasteiger partial charge on any atom is -0.410 e. The van der Waals surface area contributed by atoms with Gasteiger partial charge in [-0.1, -0.05) is 33.8 Å². The summed E-state index contributed by atoms with van der Waals surface area (Å²) in [6, 6.07) is 0. The van der Waals surface area contributed by atoms with Gasteiger partial charge in [-0.3, -0.25) is 0 Å². The Morgan fingerprint density at radius 1 is 1.29 bits per heavy atom. The minimum absolute atomic E-state index is 0.0840. The van der Waals surface area contributed by atoms with Gasteiger partial charge in [-0.25, -0.2) is 0 Å². The summed E-state index contributed by atoms with van der Waals surface area (Å²) >= 11 is 0. The number of hydrogen-bond donors (Lipinski definition) is 1. The van der Waals surface area contributed by atoms with Gasteiger partial charge >= 0.3 is 0 Å². The summed E-state index contributed by atoms with van der Waals surface area (Å²) in [6.07, 6.45) is 2.23. The molecule has 0 fully saturated rings. The largest absolute Gasteiger partial charge is 0.410 e. The van der Waals surface area contributed by atoms with Gasteiger partial charge in [0.25, 0.3) is 0 Å². The zero-order chi connectivity index (χ0) is 16.7. The third-order valence-electron chi connectivity index (χ3n) is 4.39. The molecule has 0 bridgehead atoms. The van der Waals surface area contributed by atoms with E-state index in [0.717, 1.165) is 0 Å². The fraction of sp³-hybridized carbons (Fsp3) is 0.875. The number of aliphatic hydroxyl groups is 1. The van der Waals surface area contributed by atoms with E-state index in [-0.39, 0.29) is 36.6 Å². The average Bonchev–Trinajstić information content (AvgIpc) is 2.38. The van der Waals surface area contributed by atoms with Crippen LogP contribution in [0.4, 0.5) is 0 Å². The van der Waals surface area contributed by atoms with Crippen molar-refractivity contribution in [3.63, 3.8) is 0 Å². The quantitative estimate of drug-likeness (QED) is 0.380. The smallest absolute Gasteiger partial charge is 0.192 e. The maximum absolute atomic E-state index is 9.22. The van der Waals surface area contributed by atoms with Crippen LogP contribution < -0.4 is 0 Å². The molecule has 21 heavy (non-hydrogen) atoms. The number of aliphatic hydroxyl groups excluding tert-OH is 1. The highest BCUT2D eigenvalue weighted by Crippen LogP contribution is 2.38. The number of ether oxygens (including phenoxy) is 2. The lowest BCUT2D eigenvalue weighted by atomic mass is 9.96. The molecule has 1 N–H and O–H groups in total. The van der Waals surface area contributed by atoms with Gasteiger partial charge in [0, 0.05) is 19.6 Å². The van der Waals surface area contributed by atoms with Crippen LogP contribution >= 0.6 is 0 Å². The Labute approximate surface area is 131 Å². The third kappa shape index (κ3) is 6.61. The van der Waals surface area contributed by atoms with Crippen molar-refractivity contribution < 1.29 is 19.0 Å². The fourth-order valence-electron chi connectivity index (χ4n) is 1.88. The average molecular weight is 319 g/mol. The van der Waals surface area contributed by atoms with Crippen molar-refractivity contribution in [2.24, 2.45) is 5.92 Å². The molecule has 4 nitrogen and oxygen atoms in total. The van der Waals surface area contributed by atoms with E-state index in [1.54, 1.807) is 7.11 Å². The minimum atomic E-state index is -1.87. The van der Waals surface area contributed by atoms with Crippen LogP contribution in [0.2, 0.25) is 18.1 Å². The van der Waals surface area contributed by atoms with E-state index in [0.29, 0.717) is 6.42 Å². The Morgan fingerprint density at radius 2 is 1.86 bits per heavy atom. The van der Waals surface area contributed by atoms with Crippen molar-refractivity contribution in [1.29, 1.82) is 0 Å². The molecule has 0 rings (SSSR count). The molecule has 0 heterocycles. The van der Waals surface area contributed by atoms with E-state index < -0.39 is 8.32 Å². The maximum Gasteiger partial charge on any atom is 0.192 e. The summed E-state index contributed by atoms with van der Waals surface area (Å²) in [4.78, 5) is 0. The van der Waals surface area contributed by atoms with Crippen LogP contribution in [0.25, 0.3) is 0 Å². The lowest BCUT2D eigenvalue weighted by Crippen LogP contribution is -2.46. The first-order valence-electron chi connectivity index (χ1n) is 7.62. The van der Waals surface area contributed by atoms with Crippen LogP contribution in [0.5, 0.6) is 0 Å². The lowest BCUT2D eigenvalue weighted by molar-refractivity contribution is -0.106. The van der Waals surface area contributed by atoms with Gasteiger partial charge in [0.2, 0.25) is 0 Å². The van der Waals surface area contributed by atoms with E-state index in [4.69, 9.17) is 13.9 Å². The Balaban J connectivity index is 4.93. The van der Waals surface area contributed by atoms with E-state index in [9.17, 15) is 5.11 Å². The molecule has 0 aromatic heterocycles. The lowest BCUT2D eigenvalue weighted by Gasteiger charge is -2.41. The SMILES string of the molecule is C=C[C@H](O[Si](C)(C)C(C)(C)C)[C@H](C)[C@H](CCO)OCOC. The topological polar surface area (TPSA) is 47.9 Å². The molecular weight excluding hydrogens is 284 g/mol.